The molecule has 68 valence electrons. The average Bonchev–Trinajstić information content (AvgIpc) is 2.00. The minimum Gasteiger partial charge on any atom is -0.389 e. The monoisotopic (exact) mass is 162 g/mol. The van der Waals surface area contributed by atoms with E-state index in [9.17, 15) is 5.11 Å². The highest BCUT2D eigenvalue weighted by Crippen LogP contribution is 2.02. The summed E-state index contributed by atoms with van der Waals surface area (Å²) in [5.74, 6) is 5.05. The summed E-state index contributed by atoms with van der Waals surface area (Å²) in [7, 11) is 0. The standard InChI is InChI=1S/C7H18N2O2/c1-3-7(11-4-2)6(10)5-9-8/h6-7,9-10H,3-5,8H2,1-2H3. The Kier molecular flexibility index (Phi) is 6.45. The number of rotatable bonds is 6. The second kappa shape index (κ2) is 6.54. The summed E-state index contributed by atoms with van der Waals surface area (Å²) in [5.41, 5.74) is 2.41. The second-order valence-electron chi connectivity index (χ2n) is 2.38. The van der Waals surface area contributed by atoms with Crippen molar-refractivity contribution in [2.75, 3.05) is 13.2 Å². The smallest absolute Gasteiger partial charge is 0.0939 e. The van der Waals surface area contributed by atoms with Crippen molar-refractivity contribution in [2.24, 2.45) is 5.84 Å². The molecule has 0 fully saturated rings. The van der Waals surface area contributed by atoms with Crippen molar-refractivity contribution in [3.05, 3.63) is 0 Å². The van der Waals surface area contributed by atoms with Crippen LogP contribution in [0.2, 0.25) is 0 Å². The number of nitrogens with one attached hydrogen (secondary N) is 1. The van der Waals surface area contributed by atoms with Gasteiger partial charge in [0.2, 0.25) is 0 Å². The Morgan fingerprint density at radius 3 is 2.55 bits per heavy atom. The molecule has 4 nitrogen and oxygen atoms in total. The molecule has 2 unspecified atom stereocenters. The van der Waals surface area contributed by atoms with Crippen LogP contribution < -0.4 is 11.3 Å². The van der Waals surface area contributed by atoms with Crippen LogP contribution in [0.4, 0.5) is 0 Å². The predicted octanol–water partition coefficient (Wildman–Crippen LogP) is -0.374. The lowest BCUT2D eigenvalue weighted by Crippen LogP contribution is -2.40. The SMILES string of the molecule is CCOC(CC)C(O)CNN. The maximum Gasteiger partial charge on any atom is 0.0939 e. The van der Waals surface area contributed by atoms with Gasteiger partial charge in [0.25, 0.3) is 0 Å². The van der Waals surface area contributed by atoms with Crippen LogP contribution in [-0.2, 0) is 4.74 Å². The molecule has 0 radical (unpaired) electrons. The van der Waals surface area contributed by atoms with Gasteiger partial charge in [-0.25, -0.2) is 0 Å². The molecule has 0 heterocycles. The number of ether oxygens (including phenoxy) is 1. The van der Waals surface area contributed by atoms with E-state index in [1.54, 1.807) is 0 Å². The van der Waals surface area contributed by atoms with E-state index in [1.807, 2.05) is 13.8 Å². The highest BCUT2D eigenvalue weighted by Gasteiger charge is 2.15. The number of aliphatic hydroxyl groups excluding tert-OH is 1. The Bertz CT molecular complexity index is 90.5. The number of hydrazine groups is 1. The zero-order valence-corrected chi connectivity index (χ0v) is 7.21. The molecule has 11 heavy (non-hydrogen) atoms. The van der Waals surface area contributed by atoms with Gasteiger partial charge < -0.3 is 9.84 Å². The Hall–Kier alpha value is -0.160. The topological polar surface area (TPSA) is 67.5 Å². The first-order valence-electron chi connectivity index (χ1n) is 3.99. The van der Waals surface area contributed by atoms with Crippen LogP contribution in [0.3, 0.4) is 0 Å². The lowest BCUT2D eigenvalue weighted by atomic mass is 10.1. The Balaban J connectivity index is 3.61. The molecule has 0 aromatic rings. The van der Waals surface area contributed by atoms with Gasteiger partial charge in [-0.2, -0.15) is 0 Å². The molecular weight excluding hydrogens is 144 g/mol. The number of hydrogen-bond donors (Lipinski definition) is 3. The van der Waals surface area contributed by atoms with Crippen LogP contribution in [0.25, 0.3) is 0 Å². The summed E-state index contributed by atoms with van der Waals surface area (Å²) >= 11 is 0. The van der Waals surface area contributed by atoms with E-state index in [2.05, 4.69) is 5.43 Å². The quantitative estimate of drug-likeness (QED) is 0.368. The zero-order valence-electron chi connectivity index (χ0n) is 7.21. The Morgan fingerprint density at radius 1 is 1.55 bits per heavy atom. The number of nitrogens with two attached hydrogens (primary N) is 1. The molecule has 4 N–H and O–H groups in total. The molecule has 0 aliphatic carbocycles. The molecule has 0 saturated carbocycles. The second-order valence-corrected chi connectivity index (χ2v) is 2.38. The van der Waals surface area contributed by atoms with Crippen LogP contribution >= 0.6 is 0 Å². The molecule has 4 heteroatoms. The van der Waals surface area contributed by atoms with Crippen molar-refractivity contribution in [1.29, 1.82) is 0 Å². The van der Waals surface area contributed by atoms with Gasteiger partial charge in [0, 0.05) is 13.2 Å². The summed E-state index contributed by atoms with van der Waals surface area (Å²) in [4.78, 5) is 0. The maximum absolute atomic E-state index is 9.37. The first kappa shape index (κ1) is 10.8. The van der Waals surface area contributed by atoms with E-state index in [0.717, 1.165) is 6.42 Å². The molecule has 0 rings (SSSR count). The van der Waals surface area contributed by atoms with Crippen LogP contribution in [0.15, 0.2) is 0 Å². The molecule has 0 aromatic carbocycles. The Morgan fingerprint density at radius 2 is 2.18 bits per heavy atom. The lowest BCUT2D eigenvalue weighted by Gasteiger charge is -2.20. The van der Waals surface area contributed by atoms with Gasteiger partial charge in [-0.3, -0.25) is 11.3 Å². The Labute approximate surface area is 67.7 Å². The highest BCUT2D eigenvalue weighted by molar-refractivity contribution is 4.68. The number of hydrogen-bond acceptors (Lipinski definition) is 4. The van der Waals surface area contributed by atoms with Crippen LogP contribution in [0, 0.1) is 0 Å². The van der Waals surface area contributed by atoms with Gasteiger partial charge in [-0.05, 0) is 13.3 Å². The number of aliphatic hydroxyl groups is 1. The molecule has 0 aliphatic rings. The van der Waals surface area contributed by atoms with E-state index in [0.29, 0.717) is 13.2 Å². The molecule has 0 spiro atoms. The minimum atomic E-state index is -0.509. The fraction of sp³-hybridized carbons (Fsp3) is 1.00. The molecule has 0 aromatic heterocycles. The summed E-state index contributed by atoms with van der Waals surface area (Å²) < 4.78 is 5.26. The molecule has 0 aliphatic heterocycles. The lowest BCUT2D eigenvalue weighted by molar-refractivity contribution is -0.0329. The summed E-state index contributed by atoms with van der Waals surface area (Å²) in [5, 5.41) is 9.37. The normalized spacial score (nSPS) is 16.4. The van der Waals surface area contributed by atoms with Gasteiger partial charge in [-0.1, -0.05) is 6.92 Å². The molecule has 2 atom stereocenters. The third-order valence-corrected chi connectivity index (χ3v) is 1.54. The fourth-order valence-electron chi connectivity index (χ4n) is 0.967. The van der Waals surface area contributed by atoms with E-state index in [-0.39, 0.29) is 6.10 Å². The van der Waals surface area contributed by atoms with E-state index in [4.69, 9.17) is 10.6 Å². The van der Waals surface area contributed by atoms with E-state index < -0.39 is 6.10 Å². The van der Waals surface area contributed by atoms with E-state index >= 15 is 0 Å². The van der Waals surface area contributed by atoms with Crippen molar-refractivity contribution in [2.45, 2.75) is 32.5 Å². The largest absolute Gasteiger partial charge is 0.389 e. The van der Waals surface area contributed by atoms with Crippen LogP contribution in [-0.4, -0.2) is 30.5 Å². The van der Waals surface area contributed by atoms with Crippen LogP contribution in [0.1, 0.15) is 20.3 Å². The van der Waals surface area contributed by atoms with Gasteiger partial charge >= 0.3 is 0 Å². The summed E-state index contributed by atoms with van der Waals surface area (Å²) in [6.45, 7) is 4.88. The summed E-state index contributed by atoms with van der Waals surface area (Å²) in [6.07, 6.45) is 0.192. The van der Waals surface area contributed by atoms with Gasteiger partial charge in [0.05, 0.1) is 12.2 Å². The molecule has 0 bridgehead atoms. The maximum atomic E-state index is 9.37. The average molecular weight is 162 g/mol. The zero-order chi connectivity index (χ0) is 8.69. The summed E-state index contributed by atoms with van der Waals surface area (Å²) in [6, 6.07) is 0. The van der Waals surface area contributed by atoms with E-state index in [1.165, 1.54) is 0 Å². The first-order chi connectivity index (χ1) is 5.26. The van der Waals surface area contributed by atoms with Crippen molar-refractivity contribution in [3.8, 4) is 0 Å². The molecular formula is C7H18N2O2. The third-order valence-electron chi connectivity index (χ3n) is 1.54. The van der Waals surface area contributed by atoms with Gasteiger partial charge in [0.1, 0.15) is 0 Å². The fourth-order valence-corrected chi connectivity index (χ4v) is 0.967. The van der Waals surface area contributed by atoms with Crippen molar-refractivity contribution in [3.63, 3.8) is 0 Å². The minimum absolute atomic E-state index is 0.101. The van der Waals surface area contributed by atoms with Crippen molar-refractivity contribution >= 4 is 0 Å². The molecule has 0 saturated heterocycles. The van der Waals surface area contributed by atoms with Gasteiger partial charge in [0.15, 0.2) is 0 Å². The molecule has 0 amide bonds. The third kappa shape index (κ3) is 4.31. The predicted molar refractivity (Wildman–Crippen MR) is 43.9 cm³/mol. The van der Waals surface area contributed by atoms with Gasteiger partial charge in [-0.15, -0.1) is 0 Å². The van der Waals surface area contributed by atoms with Crippen molar-refractivity contribution < 1.29 is 9.84 Å². The highest BCUT2D eigenvalue weighted by atomic mass is 16.5. The van der Waals surface area contributed by atoms with Crippen molar-refractivity contribution in [1.82, 2.24) is 5.43 Å². The van der Waals surface area contributed by atoms with Crippen LogP contribution in [0.5, 0.6) is 0 Å². The first-order valence-corrected chi connectivity index (χ1v) is 3.99.